The number of fused-ring (bicyclic) bond motifs is 8. The maximum absolute atomic E-state index is 5.76. The molecule has 4 unspecified atom stereocenters. The van der Waals surface area contributed by atoms with Crippen molar-refractivity contribution >= 4 is 161 Å². The maximum atomic E-state index is 5.76. The normalized spacial score (nSPS) is 12.2. The van der Waals surface area contributed by atoms with E-state index in [2.05, 4.69) is 285 Å². The van der Waals surface area contributed by atoms with Gasteiger partial charge in [-0.3, -0.25) is 26.7 Å². The minimum Gasteiger partial charge on any atom is -0.364 e. The van der Waals surface area contributed by atoms with Crippen molar-refractivity contribution in [3.8, 4) is 11.6 Å². The van der Waals surface area contributed by atoms with E-state index in [1.165, 1.54) is 49.3 Å². The zero-order valence-electron chi connectivity index (χ0n) is 70.2. The Morgan fingerprint density at radius 2 is 0.779 bits per heavy atom. The first-order valence-corrected chi connectivity index (χ1v) is 42.4. The number of imidazole rings is 7. The lowest BCUT2D eigenvalue weighted by Crippen LogP contribution is -2.20. The maximum Gasteiger partial charge on any atom is 0.180 e. The minimum absolute atomic E-state index is 0. The molecule has 0 aliphatic heterocycles. The molecule has 15 heterocycles. The van der Waals surface area contributed by atoms with E-state index in [1.807, 2.05) is 151 Å². The molecule has 30 heteroatoms. The average Bonchev–Trinajstić information content (AvgIpc) is 1.64. The van der Waals surface area contributed by atoms with Crippen LogP contribution in [0.15, 0.2) is 242 Å². The monoisotopic (exact) mass is 1840 g/mol. The number of aryl methyl sites for hydroxylation is 3. The highest BCUT2D eigenvalue weighted by Gasteiger charge is 2.22. The third-order valence-corrected chi connectivity index (χ3v) is 21.8. The SMILES string of the molecule is C=C(C)c1cnc2c(Br)nc(Br)cn12.C=C(C)c1cnc2c(NC(C)Cc3c[nH]c4ccccc34)nc(-n3ccnc3C)cn12.C=C(C)c1cnc2c(NC(C)Cc3c[nH]c4ccccc34)nc(Br)cn12.CC(N)Cc1c[nH]c2ccccc12.Cc1ncc[nH]1.Cc1nccn1-c1cn2c(C(C)C)cnc2c(NC(C)Cc2c[nH]c3ccccc23)n1.Cl.[HH]. The third-order valence-electron chi connectivity index (χ3n) is 20.5. The molecule has 15 aromatic heterocycles. The summed E-state index contributed by atoms with van der Waals surface area (Å²) < 4.78 is 14.4. The average molecular weight is 1850 g/mol. The molecule has 0 amide bonds. The molecule has 122 heavy (non-hydrogen) atoms. The first-order valence-electron chi connectivity index (χ1n) is 40.0. The molecular weight excluding hydrogens is 1740 g/mol. The zero-order valence-corrected chi connectivity index (χ0v) is 75.8. The predicted octanol–water partition coefficient (Wildman–Crippen LogP) is 21.4. The van der Waals surface area contributed by atoms with Crippen molar-refractivity contribution in [2.24, 2.45) is 5.73 Å². The standard InChI is InChI=1S/C24H27N7.C24H25N7.C20H20BrN5.C11H14N2.C9H7Br2N3.C4H6N2.ClH.H2/c2*1-15(2)21-13-27-24-23(29-22(14-31(21)24)30-10-9-25-17(30)4)28-16(3)11-18-12-26-20-8-6-5-7-19(18)20;1-12(2)17-10-23-20-19(25-18(21)11-26(17)20)24-13(3)8-14-9-22-16-7-5-4-6-15(14)16;1-8(12)6-9-7-13-11-5-3-2-4-10(9)11;1-5(2)6-3-12-9-8(11)13-7(10)4-14(6)9;1-4-5-2-3-6-4;;/h5-10,12-16,26H,11H2,1-4H3,(H,28,29);5-10,12-14,16,26H,1,11H2,2-4H3,(H,28,29);4-7,9-11,13,22H,1,8H2,2-3H3,(H,24,25);2-5,7-8,13H,6,12H2,1H3;3-4H,1H2,2H3;2-3H,1H3,(H,5,6);2*1H. The summed E-state index contributed by atoms with van der Waals surface area (Å²) in [4.78, 5) is 65.5. The van der Waals surface area contributed by atoms with Crippen LogP contribution in [0.4, 0.5) is 17.5 Å². The third kappa shape index (κ3) is 20.1. The van der Waals surface area contributed by atoms with Crippen LogP contribution in [0.2, 0.25) is 0 Å². The second-order valence-electron chi connectivity index (χ2n) is 30.8. The molecule has 0 radical (unpaired) electrons. The van der Waals surface area contributed by atoms with Crippen LogP contribution in [0.25, 0.3) is 94.6 Å². The summed E-state index contributed by atoms with van der Waals surface area (Å²) in [7, 11) is 0. The number of H-pyrrole nitrogens is 5. The molecule has 628 valence electrons. The van der Waals surface area contributed by atoms with Crippen molar-refractivity contribution in [2.75, 3.05) is 16.0 Å². The van der Waals surface area contributed by atoms with E-state index in [9.17, 15) is 0 Å². The Balaban J connectivity index is 0.000000142. The largest absolute Gasteiger partial charge is 0.364 e. The summed E-state index contributed by atoms with van der Waals surface area (Å²) in [6.45, 7) is 36.7. The number of hydrogen-bond acceptors (Lipinski definition) is 15. The van der Waals surface area contributed by atoms with Gasteiger partial charge in [-0.2, -0.15) is 0 Å². The van der Waals surface area contributed by atoms with Crippen LogP contribution in [-0.2, 0) is 25.7 Å². The number of nitrogens with one attached hydrogen (secondary N) is 8. The van der Waals surface area contributed by atoms with Crippen LogP contribution in [0.1, 0.15) is 132 Å². The molecule has 0 aliphatic carbocycles. The van der Waals surface area contributed by atoms with Crippen LogP contribution in [0, 0.1) is 20.8 Å². The molecule has 0 bridgehead atoms. The van der Waals surface area contributed by atoms with Crippen molar-refractivity contribution in [1.82, 2.24) is 106 Å². The Labute approximate surface area is 740 Å². The van der Waals surface area contributed by atoms with Crippen LogP contribution in [0.5, 0.6) is 0 Å². The molecule has 0 saturated heterocycles. The number of halogens is 4. The van der Waals surface area contributed by atoms with Gasteiger partial charge in [-0.05, 0) is 212 Å². The summed E-state index contributed by atoms with van der Waals surface area (Å²) in [5.74, 6) is 6.99. The lowest BCUT2D eigenvalue weighted by molar-refractivity contribution is 0.741. The van der Waals surface area contributed by atoms with Gasteiger partial charge in [0.25, 0.3) is 0 Å². The molecule has 26 nitrogen and oxygen atoms in total. The highest BCUT2D eigenvalue weighted by molar-refractivity contribution is 9.11. The van der Waals surface area contributed by atoms with Gasteiger partial charge in [-0.15, -0.1) is 12.4 Å². The summed E-state index contributed by atoms with van der Waals surface area (Å²) in [5.41, 5.74) is 25.8. The highest BCUT2D eigenvalue weighted by atomic mass is 79.9. The van der Waals surface area contributed by atoms with Gasteiger partial charge >= 0.3 is 0 Å². The Morgan fingerprint density at radius 3 is 1.14 bits per heavy atom. The summed E-state index contributed by atoms with van der Waals surface area (Å²) in [5, 5.41) is 15.8. The molecule has 19 aromatic rings. The number of para-hydroxylation sites is 4. The van der Waals surface area contributed by atoms with Gasteiger partial charge < -0.3 is 46.6 Å². The van der Waals surface area contributed by atoms with E-state index in [0.29, 0.717) is 5.92 Å². The Bertz CT molecular complexity index is 6840. The van der Waals surface area contributed by atoms with E-state index < -0.39 is 0 Å². The Morgan fingerprint density at radius 1 is 0.426 bits per heavy atom. The fourth-order valence-corrected chi connectivity index (χ4v) is 16.2. The minimum atomic E-state index is 0. The van der Waals surface area contributed by atoms with Crippen molar-refractivity contribution < 1.29 is 1.43 Å². The lowest BCUT2D eigenvalue weighted by atomic mass is 10.1. The first-order chi connectivity index (χ1) is 58.3. The lowest BCUT2D eigenvalue weighted by Gasteiger charge is -2.17. The van der Waals surface area contributed by atoms with Gasteiger partial charge in [0, 0.05) is 155 Å². The number of benzene rings is 4. The van der Waals surface area contributed by atoms with E-state index in [0.717, 1.165) is 165 Å². The number of nitrogens with two attached hydrogens (primary N) is 1. The quantitative estimate of drug-likeness (QED) is 0.0343. The summed E-state index contributed by atoms with van der Waals surface area (Å²) in [6.07, 6.45) is 38.1. The second kappa shape index (κ2) is 38.9. The van der Waals surface area contributed by atoms with E-state index in [-0.39, 0.29) is 38.0 Å². The van der Waals surface area contributed by atoms with Crippen molar-refractivity contribution in [1.29, 1.82) is 0 Å². The second-order valence-corrected chi connectivity index (χ2v) is 33.2. The molecule has 10 N–H and O–H groups in total. The molecule has 0 fully saturated rings. The van der Waals surface area contributed by atoms with Gasteiger partial charge in [0.1, 0.15) is 26.7 Å². The summed E-state index contributed by atoms with van der Waals surface area (Å²) in [6, 6.07) is 34.2. The predicted molar refractivity (Wildman–Crippen MR) is 511 cm³/mol. The number of allylic oxidation sites excluding steroid dienone is 3. The van der Waals surface area contributed by atoms with Crippen molar-refractivity contribution in [3.63, 3.8) is 0 Å². The van der Waals surface area contributed by atoms with Crippen molar-refractivity contribution in [2.45, 2.75) is 139 Å². The number of hydrogen-bond donors (Lipinski definition) is 9. The topological polar surface area (TPSA) is 310 Å². The Hall–Kier alpha value is -12.5. The number of rotatable bonds is 20. The van der Waals surface area contributed by atoms with Crippen LogP contribution in [-0.4, -0.2) is 131 Å². The molecule has 0 aliphatic rings. The first kappa shape index (κ1) is 87.3. The molecule has 19 rings (SSSR count). The van der Waals surface area contributed by atoms with Crippen LogP contribution in [0.3, 0.4) is 0 Å². The van der Waals surface area contributed by atoms with E-state index in [4.69, 9.17) is 20.7 Å². The van der Waals surface area contributed by atoms with E-state index >= 15 is 0 Å². The fourth-order valence-electron chi connectivity index (χ4n) is 14.7. The number of aromatic nitrogens is 22. The van der Waals surface area contributed by atoms with Gasteiger partial charge in [0.15, 0.2) is 56.3 Å². The van der Waals surface area contributed by atoms with E-state index in [1.54, 1.807) is 31.0 Å². The molecule has 0 spiro atoms. The number of nitrogens with zero attached hydrogens (tertiary/aromatic N) is 17. The number of anilines is 3. The molecule has 4 atom stereocenters. The smallest absolute Gasteiger partial charge is 0.180 e. The highest BCUT2D eigenvalue weighted by Crippen LogP contribution is 2.31. The molecule has 4 aromatic carbocycles. The van der Waals surface area contributed by atoms with Gasteiger partial charge in [-0.25, -0.2) is 54.8 Å². The van der Waals surface area contributed by atoms with Gasteiger partial charge in [0.05, 0.1) is 48.1 Å². The van der Waals surface area contributed by atoms with Crippen LogP contribution < -0.4 is 21.7 Å². The molecular formula is C92H102Br3ClN26. The number of aromatic amines is 5. The Kier molecular flexibility index (Phi) is 27.8. The van der Waals surface area contributed by atoms with Crippen LogP contribution >= 0.6 is 60.2 Å². The van der Waals surface area contributed by atoms with Crippen molar-refractivity contribution in [3.05, 3.63) is 305 Å². The summed E-state index contributed by atoms with van der Waals surface area (Å²) >= 11 is 10.2. The fraction of sp³-hybridized carbons (Fsp3) is 0.228. The van der Waals surface area contributed by atoms with Gasteiger partial charge in [0.2, 0.25) is 0 Å². The zero-order chi connectivity index (χ0) is 85.3. The molecule has 0 saturated carbocycles. The van der Waals surface area contributed by atoms with Gasteiger partial charge in [-0.1, -0.05) is 106 Å².